The van der Waals surface area contributed by atoms with E-state index in [2.05, 4.69) is 15.3 Å². The number of hydrogen-bond acceptors (Lipinski definition) is 5. The van der Waals surface area contributed by atoms with Crippen LogP contribution in [0.4, 0.5) is 17.5 Å². The fourth-order valence-corrected chi connectivity index (χ4v) is 1.35. The Morgan fingerprint density at radius 2 is 2.00 bits per heavy atom. The van der Waals surface area contributed by atoms with E-state index in [-0.39, 0.29) is 5.95 Å². The van der Waals surface area contributed by atoms with Crippen LogP contribution in [0.3, 0.4) is 0 Å². The molecule has 0 radical (unpaired) electrons. The minimum absolute atomic E-state index is 0.256. The smallest absolute Gasteiger partial charge is 0.222 e. The van der Waals surface area contributed by atoms with Gasteiger partial charge in [0.15, 0.2) is 0 Å². The predicted octanol–water partition coefficient (Wildman–Crippen LogP) is 0.836. The van der Waals surface area contributed by atoms with Crippen molar-refractivity contribution in [1.82, 2.24) is 9.97 Å². The molecule has 0 spiro atoms. The van der Waals surface area contributed by atoms with Gasteiger partial charge in [0, 0.05) is 18.1 Å². The number of rotatable bonds is 1. The summed E-state index contributed by atoms with van der Waals surface area (Å²) in [6, 6.07) is 5.43. The summed E-state index contributed by atoms with van der Waals surface area (Å²) in [5.74, 6) is 0.950. The van der Waals surface area contributed by atoms with Crippen LogP contribution in [0.1, 0.15) is 0 Å². The first-order valence-electron chi connectivity index (χ1n) is 4.21. The van der Waals surface area contributed by atoms with Gasteiger partial charge in [-0.2, -0.15) is 4.98 Å². The molecule has 0 aliphatic carbocycles. The zero-order valence-corrected chi connectivity index (χ0v) is 7.78. The first-order chi connectivity index (χ1) is 6.70. The van der Waals surface area contributed by atoms with E-state index < -0.39 is 0 Å². The number of anilines is 3. The van der Waals surface area contributed by atoms with Gasteiger partial charge in [0.1, 0.15) is 5.82 Å². The standard InChI is InChI=1S/C9H11N5/c1-12-8-6-4-5(10)2-3-7(6)13-9(11)14-8/h2-4H,10H2,1H3,(H3,11,12,13,14). The fraction of sp³-hybridized carbons (Fsp3) is 0.111. The van der Waals surface area contributed by atoms with Gasteiger partial charge in [-0.15, -0.1) is 0 Å². The van der Waals surface area contributed by atoms with Crippen LogP contribution in [0.15, 0.2) is 18.2 Å². The van der Waals surface area contributed by atoms with E-state index in [1.165, 1.54) is 0 Å². The summed E-state index contributed by atoms with van der Waals surface area (Å²) in [5, 5.41) is 3.83. The maximum absolute atomic E-state index is 5.67. The van der Waals surface area contributed by atoms with Crippen LogP contribution in [0.25, 0.3) is 10.9 Å². The molecule has 0 aliphatic heterocycles. The number of aromatic nitrogens is 2. The van der Waals surface area contributed by atoms with E-state index in [9.17, 15) is 0 Å². The molecular weight excluding hydrogens is 178 g/mol. The second-order valence-corrected chi connectivity index (χ2v) is 2.96. The van der Waals surface area contributed by atoms with E-state index in [1.54, 1.807) is 13.1 Å². The highest BCUT2D eigenvalue weighted by Crippen LogP contribution is 2.22. The Hall–Kier alpha value is -2.04. The monoisotopic (exact) mass is 189 g/mol. The van der Waals surface area contributed by atoms with Crippen molar-refractivity contribution in [1.29, 1.82) is 0 Å². The van der Waals surface area contributed by atoms with Crippen LogP contribution in [-0.2, 0) is 0 Å². The van der Waals surface area contributed by atoms with Crippen LogP contribution >= 0.6 is 0 Å². The lowest BCUT2D eigenvalue weighted by atomic mass is 10.2. The van der Waals surface area contributed by atoms with Crippen molar-refractivity contribution in [3.8, 4) is 0 Å². The third-order valence-electron chi connectivity index (χ3n) is 1.97. The number of hydrogen-bond donors (Lipinski definition) is 3. The van der Waals surface area contributed by atoms with Crippen LogP contribution in [0.2, 0.25) is 0 Å². The maximum Gasteiger partial charge on any atom is 0.222 e. The van der Waals surface area contributed by atoms with E-state index in [0.717, 1.165) is 10.9 Å². The molecule has 0 bridgehead atoms. The van der Waals surface area contributed by atoms with Crippen molar-refractivity contribution >= 4 is 28.4 Å². The topological polar surface area (TPSA) is 89.8 Å². The molecular formula is C9H11N5. The van der Waals surface area contributed by atoms with Gasteiger partial charge >= 0.3 is 0 Å². The number of nitrogens with one attached hydrogen (secondary N) is 1. The van der Waals surface area contributed by atoms with Crippen molar-refractivity contribution in [3.63, 3.8) is 0 Å². The molecule has 1 heterocycles. The van der Waals surface area contributed by atoms with Gasteiger partial charge in [-0.1, -0.05) is 0 Å². The second-order valence-electron chi connectivity index (χ2n) is 2.96. The molecule has 0 aliphatic rings. The highest BCUT2D eigenvalue weighted by molar-refractivity contribution is 5.92. The largest absolute Gasteiger partial charge is 0.399 e. The molecule has 0 fully saturated rings. The Bertz CT molecular complexity index is 480. The van der Waals surface area contributed by atoms with Crippen LogP contribution in [0, 0.1) is 0 Å². The minimum Gasteiger partial charge on any atom is -0.399 e. The average Bonchev–Trinajstić information content (AvgIpc) is 2.17. The first kappa shape index (κ1) is 8.55. The molecule has 14 heavy (non-hydrogen) atoms. The number of nitrogens with zero attached hydrogens (tertiary/aromatic N) is 2. The number of nitrogens with two attached hydrogens (primary N) is 2. The molecule has 0 saturated heterocycles. The Morgan fingerprint density at radius 1 is 1.21 bits per heavy atom. The summed E-state index contributed by atoms with van der Waals surface area (Å²) >= 11 is 0. The summed E-state index contributed by atoms with van der Waals surface area (Å²) in [6.45, 7) is 0. The van der Waals surface area contributed by atoms with Crippen molar-refractivity contribution < 1.29 is 0 Å². The molecule has 5 N–H and O–H groups in total. The van der Waals surface area contributed by atoms with Crippen molar-refractivity contribution in [3.05, 3.63) is 18.2 Å². The van der Waals surface area contributed by atoms with Crippen molar-refractivity contribution in [2.75, 3.05) is 23.8 Å². The molecule has 1 aromatic carbocycles. The number of fused-ring (bicyclic) bond motifs is 1. The van der Waals surface area contributed by atoms with Gasteiger partial charge in [-0.25, -0.2) is 4.98 Å². The van der Waals surface area contributed by atoms with Crippen LogP contribution < -0.4 is 16.8 Å². The highest BCUT2D eigenvalue weighted by Gasteiger charge is 2.04. The maximum atomic E-state index is 5.67. The third kappa shape index (κ3) is 1.28. The van der Waals surface area contributed by atoms with E-state index >= 15 is 0 Å². The zero-order valence-electron chi connectivity index (χ0n) is 7.78. The Kier molecular flexibility index (Phi) is 1.85. The van der Waals surface area contributed by atoms with E-state index in [0.29, 0.717) is 11.5 Å². The minimum atomic E-state index is 0.256. The molecule has 5 nitrogen and oxygen atoms in total. The summed E-state index contributed by atoms with van der Waals surface area (Å²) < 4.78 is 0. The Morgan fingerprint density at radius 3 is 2.71 bits per heavy atom. The van der Waals surface area contributed by atoms with Gasteiger partial charge in [-0.3, -0.25) is 0 Å². The summed E-state index contributed by atoms with van der Waals surface area (Å²) in [4.78, 5) is 8.16. The molecule has 2 aromatic rings. The van der Waals surface area contributed by atoms with Gasteiger partial charge in [0.2, 0.25) is 5.95 Å². The average molecular weight is 189 g/mol. The lowest BCUT2D eigenvalue weighted by molar-refractivity contribution is 1.22. The summed E-state index contributed by atoms with van der Waals surface area (Å²) in [5.41, 5.74) is 12.7. The van der Waals surface area contributed by atoms with Crippen molar-refractivity contribution in [2.24, 2.45) is 0 Å². The highest BCUT2D eigenvalue weighted by atomic mass is 15.1. The molecule has 0 amide bonds. The molecule has 0 unspecified atom stereocenters. The quantitative estimate of drug-likeness (QED) is 0.578. The number of benzene rings is 1. The second kappa shape index (κ2) is 3.02. The predicted molar refractivity (Wildman–Crippen MR) is 57.9 cm³/mol. The Labute approximate surface area is 81.1 Å². The fourth-order valence-electron chi connectivity index (χ4n) is 1.35. The molecule has 72 valence electrons. The Balaban J connectivity index is 2.81. The van der Waals surface area contributed by atoms with Gasteiger partial charge in [0.25, 0.3) is 0 Å². The van der Waals surface area contributed by atoms with Gasteiger partial charge in [-0.05, 0) is 18.2 Å². The lowest BCUT2D eigenvalue weighted by Crippen LogP contribution is -2.01. The van der Waals surface area contributed by atoms with Gasteiger partial charge < -0.3 is 16.8 Å². The first-order valence-corrected chi connectivity index (χ1v) is 4.21. The SMILES string of the molecule is CNc1nc(N)nc2ccc(N)cc12. The normalized spacial score (nSPS) is 10.4. The molecule has 0 saturated carbocycles. The van der Waals surface area contributed by atoms with Crippen molar-refractivity contribution in [2.45, 2.75) is 0 Å². The summed E-state index contributed by atoms with van der Waals surface area (Å²) in [6.07, 6.45) is 0. The zero-order chi connectivity index (χ0) is 10.1. The molecule has 1 aromatic heterocycles. The number of nitrogen functional groups attached to an aromatic ring is 2. The molecule has 0 atom stereocenters. The summed E-state index contributed by atoms with van der Waals surface area (Å²) in [7, 11) is 1.78. The molecule has 5 heteroatoms. The van der Waals surface area contributed by atoms with E-state index in [1.807, 2.05) is 12.1 Å². The lowest BCUT2D eigenvalue weighted by Gasteiger charge is -2.05. The van der Waals surface area contributed by atoms with Gasteiger partial charge in [0.05, 0.1) is 5.52 Å². The third-order valence-corrected chi connectivity index (χ3v) is 1.97. The molecule has 2 rings (SSSR count). The van der Waals surface area contributed by atoms with Crippen LogP contribution in [0.5, 0.6) is 0 Å². The van der Waals surface area contributed by atoms with Crippen LogP contribution in [-0.4, -0.2) is 17.0 Å². The van der Waals surface area contributed by atoms with E-state index in [4.69, 9.17) is 11.5 Å².